The average molecular weight is 360 g/mol. The number of aliphatic hydroxyl groups is 1. The van der Waals surface area contributed by atoms with E-state index >= 15 is 0 Å². The van der Waals surface area contributed by atoms with Crippen LogP contribution in [0.4, 0.5) is 0 Å². The molecule has 25 heavy (non-hydrogen) atoms. The standard InChI is InChI=1S/C22H29NO.ClH/c24-22(21-12-6-2-7-13-21,15-14-20-10-4-1-5-11-20)16-19-23-17-8-3-9-18-23;/h1-2,4-7,10-13,24H,3,8-9,14-19H2;1H. The predicted molar refractivity (Wildman–Crippen MR) is 107 cm³/mol. The maximum Gasteiger partial charge on any atom is 0.0911 e. The monoisotopic (exact) mass is 359 g/mol. The van der Waals surface area contributed by atoms with Crippen molar-refractivity contribution in [2.45, 2.75) is 44.1 Å². The van der Waals surface area contributed by atoms with Gasteiger partial charge >= 0.3 is 0 Å². The van der Waals surface area contributed by atoms with Crippen LogP contribution >= 0.6 is 12.4 Å². The summed E-state index contributed by atoms with van der Waals surface area (Å²) in [4.78, 5) is 2.51. The van der Waals surface area contributed by atoms with Gasteiger partial charge in [0.1, 0.15) is 0 Å². The third-order valence-electron chi connectivity index (χ3n) is 5.27. The second-order valence-corrected chi connectivity index (χ2v) is 7.04. The molecule has 0 saturated carbocycles. The second kappa shape index (κ2) is 9.96. The molecule has 3 rings (SSSR count). The third kappa shape index (κ3) is 5.85. The number of rotatable bonds is 7. The highest BCUT2D eigenvalue weighted by Crippen LogP contribution is 2.31. The van der Waals surface area contributed by atoms with Crippen molar-refractivity contribution >= 4 is 12.4 Å². The van der Waals surface area contributed by atoms with Crippen LogP contribution in [0.25, 0.3) is 0 Å². The lowest BCUT2D eigenvalue weighted by Crippen LogP contribution is -2.36. The summed E-state index contributed by atoms with van der Waals surface area (Å²) < 4.78 is 0. The van der Waals surface area contributed by atoms with Gasteiger partial charge in [-0.25, -0.2) is 0 Å². The van der Waals surface area contributed by atoms with Gasteiger partial charge in [-0.2, -0.15) is 0 Å². The summed E-state index contributed by atoms with van der Waals surface area (Å²) in [6, 6.07) is 20.7. The van der Waals surface area contributed by atoms with Crippen LogP contribution in [-0.4, -0.2) is 29.6 Å². The van der Waals surface area contributed by atoms with Crippen LogP contribution in [0.15, 0.2) is 60.7 Å². The molecular formula is C22H30ClNO. The van der Waals surface area contributed by atoms with Crippen LogP contribution in [-0.2, 0) is 12.0 Å². The van der Waals surface area contributed by atoms with Crippen LogP contribution in [0, 0.1) is 0 Å². The molecule has 1 aliphatic heterocycles. The van der Waals surface area contributed by atoms with E-state index in [0.29, 0.717) is 0 Å². The SMILES string of the molecule is Cl.OC(CCc1ccccc1)(CCN1CCCCC1)c1ccccc1. The zero-order valence-electron chi connectivity index (χ0n) is 14.9. The Morgan fingerprint density at radius 3 is 2.04 bits per heavy atom. The number of piperidine rings is 1. The Hall–Kier alpha value is -1.35. The fraction of sp³-hybridized carbons (Fsp3) is 0.455. The summed E-state index contributed by atoms with van der Waals surface area (Å²) in [7, 11) is 0. The molecule has 0 aliphatic carbocycles. The van der Waals surface area contributed by atoms with Crippen LogP contribution in [0.2, 0.25) is 0 Å². The smallest absolute Gasteiger partial charge is 0.0911 e. The number of nitrogens with zero attached hydrogens (tertiary/aromatic N) is 1. The summed E-state index contributed by atoms with van der Waals surface area (Å²) in [5, 5.41) is 11.4. The fourth-order valence-corrected chi connectivity index (χ4v) is 3.68. The maximum atomic E-state index is 11.4. The first-order valence-corrected chi connectivity index (χ1v) is 9.30. The molecule has 0 aromatic heterocycles. The molecule has 1 N–H and O–H groups in total. The van der Waals surface area contributed by atoms with E-state index < -0.39 is 5.60 Å². The molecule has 3 heteroatoms. The Labute approximate surface area is 158 Å². The number of hydrogen-bond donors (Lipinski definition) is 1. The van der Waals surface area contributed by atoms with E-state index in [-0.39, 0.29) is 12.4 Å². The lowest BCUT2D eigenvalue weighted by atomic mass is 9.84. The molecule has 2 aromatic rings. The molecule has 1 saturated heterocycles. The number of halogens is 1. The number of benzene rings is 2. The fourth-order valence-electron chi connectivity index (χ4n) is 3.68. The lowest BCUT2D eigenvalue weighted by molar-refractivity contribution is 0.00736. The normalized spacial score (nSPS) is 17.5. The molecule has 0 amide bonds. The summed E-state index contributed by atoms with van der Waals surface area (Å²) in [5.74, 6) is 0. The van der Waals surface area contributed by atoms with Crippen LogP contribution in [0.3, 0.4) is 0 Å². The first-order chi connectivity index (χ1) is 11.8. The molecule has 2 nitrogen and oxygen atoms in total. The predicted octanol–water partition coefficient (Wildman–Crippen LogP) is 4.80. The van der Waals surface area contributed by atoms with Gasteiger partial charge in [0.15, 0.2) is 0 Å². The van der Waals surface area contributed by atoms with Gasteiger partial charge in [0.2, 0.25) is 0 Å². The van der Waals surface area contributed by atoms with Crippen molar-refractivity contribution in [3.63, 3.8) is 0 Å². The first-order valence-electron chi connectivity index (χ1n) is 9.30. The van der Waals surface area contributed by atoms with Gasteiger partial charge in [0, 0.05) is 6.54 Å². The topological polar surface area (TPSA) is 23.5 Å². The van der Waals surface area contributed by atoms with Crippen molar-refractivity contribution in [1.82, 2.24) is 4.90 Å². The zero-order chi connectivity index (χ0) is 16.7. The summed E-state index contributed by atoms with van der Waals surface area (Å²) in [6.07, 6.45) is 6.44. The van der Waals surface area contributed by atoms with E-state index in [1.807, 2.05) is 24.3 Å². The Morgan fingerprint density at radius 2 is 1.40 bits per heavy atom. The van der Waals surface area contributed by atoms with E-state index in [1.54, 1.807) is 0 Å². The van der Waals surface area contributed by atoms with Gasteiger partial charge in [-0.1, -0.05) is 67.1 Å². The summed E-state index contributed by atoms with van der Waals surface area (Å²) in [5.41, 5.74) is 1.61. The van der Waals surface area contributed by atoms with Crippen molar-refractivity contribution < 1.29 is 5.11 Å². The molecule has 0 bridgehead atoms. The van der Waals surface area contributed by atoms with Crippen molar-refractivity contribution in [3.8, 4) is 0 Å². The highest BCUT2D eigenvalue weighted by molar-refractivity contribution is 5.85. The molecule has 1 atom stereocenters. The molecular weight excluding hydrogens is 330 g/mol. The number of likely N-dealkylation sites (tertiary alicyclic amines) is 1. The molecule has 0 radical (unpaired) electrons. The van der Waals surface area contributed by atoms with Gasteiger partial charge in [0.05, 0.1) is 5.60 Å². The van der Waals surface area contributed by atoms with Crippen molar-refractivity contribution in [3.05, 3.63) is 71.8 Å². The largest absolute Gasteiger partial charge is 0.385 e. The number of aryl methyl sites for hydroxylation is 1. The van der Waals surface area contributed by atoms with Crippen molar-refractivity contribution in [2.75, 3.05) is 19.6 Å². The van der Waals surface area contributed by atoms with E-state index in [9.17, 15) is 5.11 Å². The van der Waals surface area contributed by atoms with Crippen LogP contribution < -0.4 is 0 Å². The minimum atomic E-state index is -0.742. The van der Waals surface area contributed by atoms with Crippen molar-refractivity contribution in [2.24, 2.45) is 0 Å². The Kier molecular flexibility index (Phi) is 7.95. The first kappa shape index (κ1) is 20.0. The van der Waals surface area contributed by atoms with Crippen LogP contribution in [0.1, 0.15) is 43.2 Å². The Bertz CT molecular complexity index is 598. The minimum Gasteiger partial charge on any atom is -0.385 e. The quantitative estimate of drug-likeness (QED) is 0.767. The number of hydrogen-bond acceptors (Lipinski definition) is 2. The third-order valence-corrected chi connectivity index (χ3v) is 5.27. The Morgan fingerprint density at radius 1 is 0.800 bits per heavy atom. The van der Waals surface area contributed by atoms with Crippen molar-refractivity contribution in [1.29, 1.82) is 0 Å². The van der Waals surface area contributed by atoms with Crippen LogP contribution in [0.5, 0.6) is 0 Å². The molecule has 2 aromatic carbocycles. The Balaban J connectivity index is 0.00000225. The lowest BCUT2D eigenvalue weighted by Gasteiger charge is -2.33. The summed E-state index contributed by atoms with van der Waals surface area (Å²) >= 11 is 0. The molecule has 1 aliphatic rings. The van der Waals surface area contributed by atoms with E-state index in [0.717, 1.165) is 31.4 Å². The van der Waals surface area contributed by atoms with E-state index in [2.05, 4.69) is 41.3 Å². The average Bonchev–Trinajstić information content (AvgIpc) is 2.67. The molecule has 1 fully saturated rings. The molecule has 1 heterocycles. The van der Waals surface area contributed by atoms with Gasteiger partial charge in [0.25, 0.3) is 0 Å². The molecule has 0 spiro atoms. The second-order valence-electron chi connectivity index (χ2n) is 7.04. The maximum absolute atomic E-state index is 11.4. The summed E-state index contributed by atoms with van der Waals surface area (Å²) in [6.45, 7) is 3.35. The highest BCUT2D eigenvalue weighted by Gasteiger charge is 2.29. The van der Waals surface area contributed by atoms with E-state index in [4.69, 9.17) is 0 Å². The van der Waals surface area contributed by atoms with Gasteiger partial charge < -0.3 is 10.0 Å². The van der Waals surface area contributed by atoms with Gasteiger partial charge in [-0.15, -0.1) is 12.4 Å². The zero-order valence-corrected chi connectivity index (χ0v) is 15.8. The molecule has 136 valence electrons. The minimum absolute atomic E-state index is 0. The molecule has 1 unspecified atom stereocenters. The van der Waals surface area contributed by atoms with E-state index in [1.165, 1.54) is 37.9 Å². The van der Waals surface area contributed by atoms with Gasteiger partial charge in [-0.05, 0) is 56.3 Å². The highest BCUT2D eigenvalue weighted by atomic mass is 35.5. The van der Waals surface area contributed by atoms with Gasteiger partial charge in [-0.3, -0.25) is 0 Å².